The fraction of sp³-hybridized carbons (Fsp3) is 0.0690. The number of hydrogen-bond acceptors (Lipinski definition) is 0. The van der Waals surface area contributed by atoms with E-state index in [1.807, 2.05) is 0 Å². The molecule has 31 heavy (non-hydrogen) atoms. The normalized spacial score (nSPS) is 15.6. The molecule has 0 amide bonds. The van der Waals surface area contributed by atoms with Crippen LogP contribution in [0.15, 0.2) is 140 Å². The minimum Gasteiger partial charge on any atom is -0.0773 e. The maximum Gasteiger partial charge on any atom is 0.156 e. The number of benzene rings is 3. The van der Waals surface area contributed by atoms with Gasteiger partial charge in [-0.2, -0.15) is 0 Å². The molecular weight excluding hydrogens is 468 g/mol. The van der Waals surface area contributed by atoms with Crippen LogP contribution in [0, 0.1) is 17.4 Å². The minimum absolute atomic E-state index is 0. The summed E-state index contributed by atoms with van der Waals surface area (Å²) in [4.78, 5) is 0. The Labute approximate surface area is 205 Å². The van der Waals surface area contributed by atoms with E-state index in [2.05, 4.69) is 140 Å². The average Bonchev–Trinajstić information content (AvgIpc) is 3.54. The van der Waals surface area contributed by atoms with Crippen molar-refractivity contribution >= 4 is 23.6 Å². The van der Waals surface area contributed by atoms with Crippen molar-refractivity contribution in [2.75, 3.05) is 0 Å². The van der Waals surface area contributed by atoms with Gasteiger partial charge in [0.2, 0.25) is 0 Å². The summed E-state index contributed by atoms with van der Waals surface area (Å²) < 4.78 is 0. The van der Waals surface area contributed by atoms with Crippen molar-refractivity contribution in [1.29, 1.82) is 0 Å². The third-order valence-corrected chi connectivity index (χ3v) is 11.4. The third kappa shape index (κ3) is 4.00. The summed E-state index contributed by atoms with van der Waals surface area (Å²) in [5.41, 5.74) is 1.61. The molecule has 0 aromatic heterocycles. The van der Waals surface area contributed by atoms with Crippen LogP contribution in [-0.4, -0.2) is 8.07 Å². The maximum absolute atomic E-state index is 2.47. The zero-order chi connectivity index (χ0) is 20.2. The van der Waals surface area contributed by atoms with E-state index >= 15 is 0 Å². The van der Waals surface area contributed by atoms with E-state index in [0.717, 1.165) is 0 Å². The Hall–Kier alpha value is -2.28. The maximum atomic E-state index is 2.37. The molecule has 5 rings (SSSR count). The Kier molecular flexibility index (Phi) is 7.00. The second-order valence-corrected chi connectivity index (χ2v) is 11.7. The number of rotatable bonds is 6. The van der Waals surface area contributed by atoms with Gasteiger partial charge in [-0.15, -0.1) is 0 Å². The number of hydrogen-bond donors (Lipinski definition) is 0. The van der Waals surface area contributed by atoms with Gasteiger partial charge in [0.05, 0.1) is 0 Å². The molecule has 3 aromatic rings. The van der Waals surface area contributed by atoms with Crippen LogP contribution in [0.5, 0.6) is 0 Å². The van der Waals surface area contributed by atoms with Crippen LogP contribution in [0.2, 0.25) is 0 Å². The van der Waals surface area contributed by atoms with Crippen LogP contribution >= 0.6 is 0 Å². The first kappa shape index (κ1) is 21.9. The van der Waals surface area contributed by atoms with E-state index in [0.29, 0.717) is 11.8 Å². The molecule has 2 aliphatic rings. The van der Waals surface area contributed by atoms with Crippen molar-refractivity contribution in [2.24, 2.45) is 11.8 Å². The van der Waals surface area contributed by atoms with Gasteiger partial charge in [-0.05, 0) is 15.6 Å². The first-order valence-electron chi connectivity index (χ1n) is 10.6. The summed E-state index contributed by atoms with van der Waals surface area (Å²) in [5.74, 6) is 0.657. The first-order valence-corrected chi connectivity index (χ1v) is 12.6. The molecule has 0 aliphatic heterocycles. The molecule has 149 valence electrons. The van der Waals surface area contributed by atoms with Crippen molar-refractivity contribution < 1.29 is 26.2 Å². The van der Waals surface area contributed by atoms with Gasteiger partial charge in [-0.25, -0.2) is 0 Å². The Morgan fingerprint density at radius 2 is 0.742 bits per heavy atom. The summed E-state index contributed by atoms with van der Waals surface area (Å²) in [6.45, 7) is 0. The SMILES string of the molecule is C1=CC([C](C2C=CC=C2)[Si](c2ccccc2)(c2ccccc2)c2ccccc2)C=C1.[Zr]. The molecule has 2 heteroatoms. The van der Waals surface area contributed by atoms with Crippen molar-refractivity contribution in [3.8, 4) is 0 Å². The van der Waals surface area contributed by atoms with Gasteiger partial charge in [0.15, 0.2) is 8.07 Å². The summed E-state index contributed by atoms with van der Waals surface area (Å²) in [6, 6.07) is 33.6. The van der Waals surface area contributed by atoms with E-state index in [1.165, 1.54) is 15.6 Å². The van der Waals surface area contributed by atoms with Gasteiger partial charge >= 0.3 is 0 Å². The topological polar surface area (TPSA) is 0 Å². The zero-order valence-electron chi connectivity index (χ0n) is 17.4. The minimum atomic E-state index is -2.47. The second kappa shape index (κ2) is 9.90. The number of allylic oxidation sites excluding steroid dienone is 8. The molecule has 0 atom stereocenters. The first-order chi connectivity index (χ1) is 14.9. The molecule has 3 aromatic carbocycles. The summed E-state index contributed by atoms with van der Waals surface area (Å²) in [6.07, 6.45) is 18.3. The molecule has 0 fully saturated rings. The second-order valence-electron chi connectivity index (χ2n) is 7.89. The molecule has 2 aliphatic carbocycles. The van der Waals surface area contributed by atoms with Crippen molar-refractivity contribution in [2.45, 2.75) is 0 Å². The van der Waals surface area contributed by atoms with Crippen LogP contribution in [0.3, 0.4) is 0 Å². The van der Waals surface area contributed by atoms with Gasteiger partial charge in [0.25, 0.3) is 0 Å². The molecular formula is C29H25SiZr. The molecule has 0 saturated carbocycles. The van der Waals surface area contributed by atoms with E-state index in [1.54, 1.807) is 5.54 Å². The van der Waals surface area contributed by atoms with Crippen LogP contribution in [0.25, 0.3) is 0 Å². The van der Waals surface area contributed by atoms with Crippen LogP contribution < -0.4 is 15.6 Å². The predicted octanol–water partition coefficient (Wildman–Crippen LogP) is 4.75. The van der Waals surface area contributed by atoms with Gasteiger partial charge in [-0.1, -0.05) is 140 Å². The average molecular weight is 493 g/mol. The Morgan fingerprint density at radius 3 is 1.03 bits per heavy atom. The monoisotopic (exact) mass is 491 g/mol. The molecule has 0 bridgehead atoms. The Bertz CT molecular complexity index is 949. The Morgan fingerprint density at radius 1 is 0.452 bits per heavy atom. The summed E-state index contributed by atoms with van der Waals surface area (Å²) in [7, 11) is -2.47. The van der Waals surface area contributed by atoms with Crippen molar-refractivity contribution in [3.05, 3.63) is 145 Å². The third-order valence-electron chi connectivity index (χ3n) is 6.27. The Balaban J connectivity index is 0.00000231. The van der Waals surface area contributed by atoms with E-state index in [9.17, 15) is 0 Å². The molecule has 0 N–H and O–H groups in total. The standard InChI is InChI=1S/C29H25Si.Zr/c1-4-18-26(19-5-1)30(27-20-6-2-7-21-27,28-22-8-3-9-23-28)29(24-14-10-11-15-24)25-16-12-13-17-25;/h1-25H;. The molecule has 1 radical (unpaired) electrons. The summed E-state index contributed by atoms with van der Waals surface area (Å²) in [5, 5.41) is 4.33. The molecule has 0 unspecified atom stereocenters. The van der Waals surface area contributed by atoms with E-state index in [4.69, 9.17) is 0 Å². The van der Waals surface area contributed by atoms with Crippen molar-refractivity contribution in [1.82, 2.24) is 0 Å². The molecule has 0 nitrogen and oxygen atoms in total. The van der Waals surface area contributed by atoms with Gasteiger partial charge in [0, 0.05) is 43.6 Å². The quantitative estimate of drug-likeness (QED) is 0.344. The fourth-order valence-corrected chi connectivity index (χ4v) is 10.5. The van der Waals surface area contributed by atoms with Crippen LogP contribution in [-0.2, 0) is 26.2 Å². The van der Waals surface area contributed by atoms with Crippen LogP contribution in [0.4, 0.5) is 0 Å². The van der Waals surface area contributed by atoms with E-state index in [-0.39, 0.29) is 26.2 Å². The molecule has 0 spiro atoms. The van der Waals surface area contributed by atoms with Crippen LogP contribution in [0.1, 0.15) is 0 Å². The fourth-order valence-electron chi connectivity index (χ4n) is 5.07. The largest absolute Gasteiger partial charge is 0.156 e. The van der Waals surface area contributed by atoms with E-state index < -0.39 is 8.07 Å². The molecule has 0 heterocycles. The molecule has 0 saturated heterocycles. The van der Waals surface area contributed by atoms with Crippen molar-refractivity contribution in [3.63, 3.8) is 0 Å². The van der Waals surface area contributed by atoms with Gasteiger partial charge in [-0.3, -0.25) is 0 Å². The van der Waals surface area contributed by atoms with Gasteiger partial charge in [0.1, 0.15) is 0 Å². The summed E-state index contributed by atoms with van der Waals surface area (Å²) >= 11 is 0. The smallest absolute Gasteiger partial charge is 0.0773 e. The zero-order valence-corrected chi connectivity index (χ0v) is 20.9. The van der Waals surface area contributed by atoms with Gasteiger partial charge < -0.3 is 0 Å². The predicted molar refractivity (Wildman–Crippen MR) is 131 cm³/mol.